The molecule has 0 saturated heterocycles. The van der Waals surface area contributed by atoms with Gasteiger partial charge in [-0.25, -0.2) is 4.98 Å². The number of hydrogen-bond donors (Lipinski definition) is 1. The Balaban J connectivity index is 2.36. The van der Waals surface area contributed by atoms with E-state index in [1.165, 1.54) is 0 Å². The van der Waals surface area contributed by atoms with Gasteiger partial charge in [0.1, 0.15) is 5.76 Å². The highest BCUT2D eigenvalue weighted by atomic mass is 16.5. The van der Waals surface area contributed by atoms with Gasteiger partial charge in [0.25, 0.3) is 0 Å². The summed E-state index contributed by atoms with van der Waals surface area (Å²) in [6.45, 7) is 8.98. The van der Waals surface area contributed by atoms with Crippen LogP contribution in [-0.4, -0.2) is 31.8 Å². The van der Waals surface area contributed by atoms with Gasteiger partial charge in [0.05, 0.1) is 12.8 Å². The normalized spacial score (nSPS) is 12.0. The Hall–Kier alpha value is -0.870. The van der Waals surface area contributed by atoms with E-state index in [4.69, 9.17) is 9.15 Å². The second-order valence-corrected chi connectivity index (χ2v) is 4.85. The molecule has 0 aliphatic rings. The third kappa shape index (κ3) is 4.48. The van der Waals surface area contributed by atoms with Crippen LogP contribution in [0.25, 0.3) is 0 Å². The molecule has 0 atom stereocenters. The summed E-state index contributed by atoms with van der Waals surface area (Å²) < 4.78 is 10.7. The molecule has 0 amide bonds. The maximum Gasteiger partial charge on any atom is 0.195 e. The predicted molar refractivity (Wildman–Crippen MR) is 68.3 cm³/mol. The molecule has 0 aliphatic heterocycles. The lowest BCUT2D eigenvalue weighted by Gasteiger charge is -2.18. The Morgan fingerprint density at radius 1 is 1.41 bits per heavy atom. The van der Waals surface area contributed by atoms with E-state index in [2.05, 4.69) is 31.1 Å². The summed E-state index contributed by atoms with van der Waals surface area (Å²) in [4.78, 5) is 4.31. The number of nitrogens with one attached hydrogen (secondary N) is 1. The van der Waals surface area contributed by atoms with Crippen molar-refractivity contribution in [3.63, 3.8) is 0 Å². The second-order valence-electron chi connectivity index (χ2n) is 4.85. The van der Waals surface area contributed by atoms with Crippen molar-refractivity contribution in [3.05, 3.63) is 17.8 Å². The fraction of sp³-hybridized carbons (Fsp3) is 0.769. The lowest BCUT2D eigenvalue weighted by molar-refractivity contribution is 0.199. The zero-order valence-corrected chi connectivity index (χ0v) is 11.4. The van der Waals surface area contributed by atoms with Gasteiger partial charge >= 0.3 is 0 Å². The van der Waals surface area contributed by atoms with Gasteiger partial charge in [-0.2, -0.15) is 0 Å². The molecule has 0 unspecified atom stereocenters. The van der Waals surface area contributed by atoms with E-state index < -0.39 is 0 Å². The molecule has 0 spiro atoms. The van der Waals surface area contributed by atoms with Crippen molar-refractivity contribution < 1.29 is 9.15 Å². The molecule has 0 aromatic carbocycles. The van der Waals surface area contributed by atoms with Crippen molar-refractivity contribution in [2.75, 3.05) is 26.8 Å². The van der Waals surface area contributed by atoms with Crippen molar-refractivity contribution >= 4 is 0 Å². The number of oxazole rings is 1. The van der Waals surface area contributed by atoms with E-state index in [9.17, 15) is 0 Å². The molecular formula is C13H24N2O2. The van der Waals surface area contributed by atoms with Gasteiger partial charge in [-0.15, -0.1) is 0 Å². The van der Waals surface area contributed by atoms with Crippen LogP contribution < -0.4 is 5.32 Å². The molecule has 0 radical (unpaired) electrons. The van der Waals surface area contributed by atoms with Gasteiger partial charge in [-0.05, 0) is 6.42 Å². The molecular weight excluding hydrogens is 216 g/mol. The summed E-state index contributed by atoms with van der Waals surface area (Å²) in [5.41, 5.74) is 0.0781. The van der Waals surface area contributed by atoms with Gasteiger partial charge < -0.3 is 14.5 Å². The molecule has 0 bridgehead atoms. The first-order valence-corrected chi connectivity index (χ1v) is 6.25. The molecule has 1 heterocycles. The number of aromatic nitrogens is 1. The Morgan fingerprint density at radius 2 is 2.18 bits per heavy atom. The zero-order chi connectivity index (χ0) is 12.7. The number of rotatable bonds is 8. The van der Waals surface area contributed by atoms with Gasteiger partial charge in [-0.1, -0.05) is 20.8 Å². The molecule has 98 valence electrons. The van der Waals surface area contributed by atoms with Crippen LogP contribution in [0.5, 0.6) is 0 Å². The fourth-order valence-corrected chi connectivity index (χ4v) is 1.41. The molecule has 1 aromatic rings. The standard InChI is InChI=1S/C13H24N2O2/c1-5-13(2,3)11-10-15-12(17-11)6-7-14-8-9-16-4/h10,14H,5-9H2,1-4H3. The van der Waals surface area contributed by atoms with Crippen LogP contribution in [-0.2, 0) is 16.6 Å². The molecule has 17 heavy (non-hydrogen) atoms. The third-order valence-corrected chi connectivity index (χ3v) is 3.10. The van der Waals surface area contributed by atoms with Crippen LogP contribution in [0.15, 0.2) is 10.6 Å². The topological polar surface area (TPSA) is 47.3 Å². The van der Waals surface area contributed by atoms with Crippen LogP contribution in [0.1, 0.15) is 38.8 Å². The SMILES string of the molecule is CCC(C)(C)c1cnc(CCNCCOC)o1. The number of nitrogens with zero attached hydrogens (tertiary/aromatic N) is 1. The molecule has 0 fully saturated rings. The van der Waals surface area contributed by atoms with Crippen LogP contribution in [0.4, 0.5) is 0 Å². The van der Waals surface area contributed by atoms with Gasteiger partial charge in [0.15, 0.2) is 5.89 Å². The van der Waals surface area contributed by atoms with Crippen LogP contribution >= 0.6 is 0 Å². The van der Waals surface area contributed by atoms with Crippen molar-refractivity contribution in [3.8, 4) is 0 Å². The van der Waals surface area contributed by atoms with Gasteiger partial charge in [0, 0.05) is 32.0 Å². The fourth-order valence-electron chi connectivity index (χ4n) is 1.41. The summed E-state index contributed by atoms with van der Waals surface area (Å²) in [6, 6.07) is 0. The molecule has 4 nitrogen and oxygen atoms in total. The average molecular weight is 240 g/mol. The van der Waals surface area contributed by atoms with E-state index >= 15 is 0 Å². The van der Waals surface area contributed by atoms with Crippen molar-refractivity contribution in [2.24, 2.45) is 0 Å². The monoisotopic (exact) mass is 240 g/mol. The first-order chi connectivity index (χ1) is 8.10. The van der Waals surface area contributed by atoms with E-state index in [0.717, 1.165) is 44.2 Å². The van der Waals surface area contributed by atoms with Gasteiger partial charge in [0.2, 0.25) is 0 Å². The summed E-state index contributed by atoms with van der Waals surface area (Å²) in [6.07, 6.45) is 3.73. The van der Waals surface area contributed by atoms with E-state index in [-0.39, 0.29) is 5.41 Å². The minimum absolute atomic E-state index is 0.0781. The van der Waals surface area contributed by atoms with Gasteiger partial charge in [-0.3, -0.25) is 0 Å². The number of methoxy groups -OCH3 is 1. The van der Waals surface area contributed by atoms with Crippen LogP contribution in [0.3, 0.4) is 0 Å². The highest BCUT2D eigenvalue weighted by molar-refractivity contribution is 5.07. The molecule has 1 rings (SSSR count). The maximum atomic E-state index is 5.76. The van der Waals surface area contributed by atoms with Crippen molar-refractivity contribution in [1.29, 1.82) is 0 Å². The minimum atomic E-state index is 0.0781. The van der Waals surface area contributed by atoms with E-state index in [1.54, 1.807) is 7.11 Å². The quantitative estimate of drug-likeness (QED) is 0.707. The Kier molecular flexibility index (Phi) is 5.65. The number of hydrogen-bond acceptors (Lipinski definition) is 4. The molecule has 0 saturated carbocycles. The van der Waals surface area contributed by atoms with E-state index in [1.807, 2.05) is 6.20 Å². The zero-order valence-electron chi connectivity index (χ0n) is 11.4. The first kappa shape index (κ1) is 14.2. The summed E-state index contributed by atoms with van der Waals surface area (Å²) in [7, 11) is 1.70. The molecule has 1 N–H and O–H groups in total. The largest absolute Gasteiger partial charge is 0.445 e. The van der Waals surface area contributed by atoms with E-state index in [0.29, 0.717) is 0 Å². The third-order valence-electron chi connectivity index (χ3n) is 3.10. The second kappa shape index (κ2) is 6.77. The first-order valence-electron chi connectivity index (χ1n) is 6.25. The maximum absolute atomic E-state index is 5.76. The lowest BCUT2D eigenvalue weighted by atomic mass is 9.88. The Bertz CT molecular complexity index is 321. The summed E-state index contributed by atoms with van der Waals surface area (Å²) >= 11 is 0. The minimum Gasteiger partial charge on any atom is -0.445 e. The predicted octanol–water partition coefficient (Wildman–Crippen LogP) is 2.14. The lowest BCUT2D eigenvalue weighted by Crippen LogP contribution is -2.21. The smallest absolute Gasteiger partial charge is 0.195 e. The summed E-state index contributed by atoms with van der Waals surface area (Å²) in [5.74, 6) is 1.79. The average Bonchev–Trinajstić information content (AvgIpc) is 2.78. The molecule has 1 aromatic heterocycles. The number of ether oxygens (including phenoxy) is 1. The van der Waals surface area contributed by atoms with Crippen LogP contribution in [0.2, 0.25) is 0 Å². The molecule has 4 heteroatoms. The highest BCUT2D eigenvalue weighted by Gasteiger charge is 2.22. The Morgan fingerprint density at radius 3 is 2.82 bits per heavy atom. The molecule has 0 aliphatic carbocycles. The summed E-state index contributed by atoms with van der Waals surface area (Å²) in [5, 5.41) is 3.27. The van der Waals surface area contributed by atoms with Crippen molar-refractivity contribution in [2.45, 2.75) is 39.0 Å². The highest BCUT2D eigenvalue weighted by Crippen LogP contribution is 2.26. The van der Waals surface area contributed by atoms with Crippen molar-refractivity contribution in [1.82, 2.24) is 10.3 Å². The Labute approximate surface area is 104 Å². The van der Waals surface area contributed by atoms with Crippen LogP contribution in [0, 0.1) is 0 Å².